The minimum absolute atomic E-state index is 0.469. The Morgan fingerprint density at radius 2 is 2.09 bits per heavy atom. The van der Waals surface area contributed by atoms with Crippen molar-refractivity contribution in [3.8, 4) is 0 Å². The summed E-state index contributed by atoms with van der Waals surface area (Å²) in [7, 11) is 0. The van der Waals surface area contributed by atoms with E-state index in [0.717, 1.165) is 0 Å². The SMILES string of the molecule is BrC1=CC2(CCC1)SCCS2. The zero-order chi connectivity index (χ0) is 7.73. The number of hydrogen-bond donors (Lipinski definition) is 0. The van der Waals surface area contributed by atoms with E-state index >= 15 is 0 Å². The summed E-state index contributed by atoms with van der Waals surface area (Å²) >= 11 is 7.86. The van der Waals surface area contributed by atoms with Gasteiger partial charge < -0.3 is 0 Å². The number of thioether (sulfide) groups is 2. The molecule has 3 heteroatoms. The lowest BCUT2D eigenvalue weighted by Crippen LogP contribution is -2.16. The first kappa shape index (κ1) is 8.52. The maximum absolute atomic E-state index is 3.61. The van der Waals surface area contributed by atoms with Crippen molar-refractivity contribution in [1.29, 1.82) is 0 Å². The van der Waals surface area contributed by atoms with Crippen LogP contribution in [0.15, 0.2) is 10.6 Å². The van der Waals surface area contributed by atoms with Crippen LogP contribution in [-0.2, 0) is 0 Å². The molecule has 0 unspecified atom stereocenters. The lowest BCUT2D eigenvalue weighted by atomic mass is 10.1. The Labute approximate surface area is 84.7 Å². The third kappa shape index (κ3) is 1.81. The molecule has 2 aliphatic rings. The molecule has 2 rings (SSSR count). The summed E-state index contributed by atoms with van der Waals surface area (Å²) in [4.78, 5) is 0. The molecular weight excluding hydrogens is 240 g/mol. The Kier molecular flexibility index (Phi) is 2.59. The number of halogens is 1. The van der Waals surface area contributed by atoms with Gasteiger partial charge in [-0.25, -0.2) is 0 Å². The van der Waals surface area contributed by atoms with Crippen LogP contribution >= 0.6 is 39.5 Å². The Bertz CT molecular complexity index is 183. The molecule has 0 radical (unpaired) electrons. The van der Waals surface area contributed by atoms with E-state index in [1.165, 1.54) is 35.3 Å². The highest BCUT2D eigenvalue weighted by atomic mass is 79.9. The van der Waals surface area contributed by atoms with Crippen molar-refractivity contribution < 1.29 is 0 Å². The van der Waals surface area contributed by atoms with E-state index in [9.17, 15) is 0 Å². The Hall–Kier alpha value is 0.920. The fraction of sp³-hybridized carbons (Fsp3) is 0.750. The van der Waals surface area contributed by atoms with Gasteiger partial charge in [-0.2, -0.15) is 0 Å². The van der Waals surface area contributed by atoms with Crippen LogP contribution in [0.3, 0.4) is 0 Å². The van der Waals surface area contributed by atoms with E-state index in [4.69, 9.17) is 0 Å². The standard InChI is InChI=1S/C8H11BrS2/c9-7-2-1-3-8(6-7)10-4-5-11-8/h6H,1-5H2. The van der Waals surface area contributed by atoms with E-state index in [0.29, 0.717) is 4.08 Å². The molecule has 1 fully saturated rings. The topological polar surface area (TPSA) is 0 Å². The molecule has 1 saturated heterocycles. The van der Waals surface area contributed by atoms with E-state index < -0.39 is 0 Å². The average Bonchev–Trinajstić information content (AvgIpc) is 2.37. The van der Waals surface area contributed by atoms with Crippen LogP contribution in [0.1, 0.15) is 19.3 Å². The molecule has 0 N–H and O–H groups in total. The van der Waals surface area contributed by atoms with Crippen LogP contribution in [-0.4, -0.2) is 15.6 Å². The van der Waals surface area contributed by atoms with Crippen LogP contribution in [0.2, 0.25) is 0 Å². The maximum atomic E-state index is 3.61. The van der Waals surface area contributed by atoms with Gasteiger partial charge in [0.25, 0.3) is 0 Å². The highest BCUT2D eigenvalue weighted by Gasteiger charge is 2.35. The Morgan fingerprint density at radius 3 is 2.73 bits per heavy atom. The molecule has 0 saturated carbocycles. The number of allylic oxidation sites excluding steroid dienone is 1. The fourth-order valence-corrected chi connectivity index (χ4v) is 5.78. The fourth-order valence-electron chi connectivity index (χ4n) is 1.58. The normalized spacial score (nSPS) is 29.0. The highest BCUT2D eigenvalue weighted by Crippen LogP contribution is 2.51. The van der Waals surface area contributed by atoms with Crippen molar-refractivity contribution in [2.75, 3.05) is 11.5 Å². The molecule has 1 spiro atoms. The highest BCUT2D eigenvalue weighted by molar-refractivity contribution is 9.11. The maximum Gasteiger partial charge on any atom is 0.0802 e. The average molecular weight is 251 g/mol. The van der Waals surface area contributed by atoms with E-state index in [1.807, 2.05) is 0 Å². The molecule has 1 aliphatic carbocycles. The van der Waals surface area contributed by atoms with Gasteiger partial charge >= 0.3 is 0 Å². The van der Waals surface area contributed by atoms with Crippen LogP contribution < -0.4 is 0 Å². The van der Waals surface area contributed by atoms with Gasteiger partial charge in [0.05, 0.1) is 4.08 Å². The summed E-state index contributed by atoms with van der Waals surface area (Å²) in [6, 6.07) is 0. The van der Waals surface area contributed by atoms with E-state index in [2.05, 4.69) is 45.5 Å². The molecular formula is C8H11BrS2. The minimum Gasteiger partial charge on any atom is -0.139 e. The van der Waals surface area contributed by atoms with Crippen molar-refractivity contribution in [1.82, 2.24) is 0 Å². The van der Waals surface area contributed by atoms with Gasteiger partial charge in [0, 0.05) is 11.5 Å². The summed E-state index contributed by atoms with van der Waals surface area (Å²) in [5.41, 5.74) is 0. The van der Waals surface area contributed by atoms with Crippen LogP contribution in [0.25, 0.3) is 0 Å². The van der Waals surface area contributed by atoms with Gasteiger partial charge in [0.2, 0.25) is 0 Å². The zero-order valence-corrected chi connectivity index (χ0v) is 9.53. The summed E-state index contributed by atoms with van der Waals surface area (Å²) in [6.45, 7) is 0. The molecule has 0 aromatic rings. The third-order valence-electron chi connectivity index (χ3n) is 2.09. The smallest absolute Gasteiger partial charge is 0.0802 e. The second-order valence-corrected chi connectivity index (χ2v) is 7.08. The summed E-state index contributed by atoms with van der Waals surface area (Å²) in [5, 5.41) is 0. The van der Waals surface area contributed by atoms with Crippen molar-refractivity contribution in [3.05, 3.63) is 10.6 Å². The van der Waals surface area contributed by atoms with Gasteiger partial charge in [0.15, 0.2) is 0 Å². The molecule has 0 aromatic carbocycles. The van der Waals surface area contributed by atoms with Gasteiger partial charge in [0.1, 0.15) is 0 Å². The van der Waals surface area contributed by atoms with Crippen molar-refractivity contribution in [2.45, 2.75) is 23.3 Å². The Morgan fingerprint density at radius 1 is 1.36 bits per heavy atom. The largest absolute Gasteiger partial charge is 0.139 e. The summed E-state index contributed by atoms with van der Waals surface area (Å²) in [6.07, 6.45) is 6.41. The Balaban J connectivity index is 2.17. The molecule has 0 amide bonds. The monoisotopic (exact) mass is 250 g/mol. The van der Waals surface area contributed by atoms with E-state index in [-0.39, 0.29) is 0 Å². The van der Waals surface area contributed by atoms with Crippen LogP contribution in [0, 0.1) is 0 Å². The third-order valence-corrected chi connectivity index (χ3v) is 6.12. The number of hydrogen-bond acceptors (Lipinski definition) is 2. The lowest BCUT2D eigenvalue weighted by molar-refractivity contribution is 0.711. The lowest BCUT2D eigenvalue weighted by Gasteiger charge is -2.27. The predicted molar refractivity (Wildman–Crippen MR) is 58.5 cm³/mol. The van der Waals surface area contributed by atoms with Crippen molar-refractivity contribution >= 4 is 39.5 Å². The second kappa shape index (κ2) is 3.35. The summed E-state index contributed by atoms with van der Waals surface area (Å²) < 4.78 is 1.89. The summed E-state index contributed by atoms with van der Waals surface area (Å²) in [5.74, 6) is 2.67. The molecule has 1 heterocycles. The first-order chi connectivity index (χ1) is 5.31. The number of rotatable bonds is 0. The second-order valence-electron chi connectivity index (χ2n) is 2.95. The first-order valence-corrected chi connectivity index (χ1v) is 6.72. The van der Waals surface area contributed by atoms with E-state index in [1.54, 1.807) is 0 Å². The van der Waals surface area contributed by atoms with Gasteiger partial charge in [-0.05, 0) is 29.8 Å². The molecule has 11 heavy (non-hydrogen) atoms. The van der Waals surface area contributed by atoms with Gasteiger partial charge in [-0.3, -0.25) is 0 Å². The van der Waals surface area contributed by atoms with Crippen molar-refractivity contribution in [3.63, 3.8) is 0 Å². The molecule has 0 atom stereocenters. The predicted octanol–water partition coefficient (Wildman–Crippen LogP) is 3.63. The molecule has 0 bridgehead atoms. The molecule has 0 aromatic heterocycles. The van der Waals surface area contributed by atoms with Crippen LogP contribution in [0.5, 0.6) is 0 Å². The molecule has 62 valence electrons. The van der Waals surface area contributed by atoms with Crippen LogP contribution in [0.4, 0.5) is 0 Å². The first-order valence-electron chi connectivity index (χ1n) is 3.96. The minimum atomic E-state index is 0.469. The van der Waals surface area contributed by atoms with Gasteiger partial charge in [-0.15, -0.1) is 23.5 Å². The molecule has 1 aliphatic heterocycles. The quantitative estimate of drug-likeness (QED) is 0.644. The zero-order valence-electron chi connectivity index (χ0n) is 6.31. The van der Waals surface area contributed by atoms with Crippen molar-refractivity contribution in [2.24, 2.45) is 0 Å². The molecule has 0 nitrogen and oxygen atoms in total. The van der Waals surface area contributed by atoms with Gasteiger partial charge in [-0.1, -0.05) is 15.9 Å².